The van der Waals surface area contributed by atoms with Crippen molar-refractivity contribution in [3.05, 3.63) is 11.6 Å². The highest BCUT2D eigenvalue weighted by Gasteiger charge is 2.25. The van der Waals surface area contributed by atoms with Gasteiger partial charge in [0.25, 0.3) is 0 Å². The number of nitrogens with one attached hydrogen (secondary N) is 3. The van der Waals surface area contributed by atoms with Crippen molar-refractivity contribution < 1.29 is 8.42 Å². The van der Waals surface area contributed by atoms with Crippen LogP contribution in [-0.2, 0) is 23.0 Å². The van der Waals surface area contributed by atoms with Crippen LogP contribution in [0.2, 0.25) is 0 Å². The predicted molar refractivity (Wildman–Crippen MR) is 107 cm³/mol. The van der Waals surface area contributed by atoms with Crippen LogP contribution in [0.5, 0.6) is 0 Å². The second-order valence-electron chi connectivity index (χ2n) is 8.06. The van der Waals surface area contributed by atoms with E-state index in [-0.39, 0.29) is 6.04 Å². The summed E-state index contributed by atoms with van der Waals surface area (Å²) in [5, 5.41) is 11.3. The Kier molecular flexibility index (Phi) is 6.85. The standard InChI is InChI=1S/C17H33N7O2S/c1-7-18-16(19-11-17(4,5)23-27(6,25)26)20-13-8-9-14-21-15(12(2)3)22-24(14)10-13/h12-13,23H,7-11H2,1-6H3,(H2,18,19,20). The van der Waals surface area contributed by atoms with Crippen molar-refractivity contribution in [3.63, 3.8) is 0 Å². The molecular formula is C17H33N7O2S. The Morgan fingerprint density at radius 3 is 2.70 bits per heavy atom. The first-order valence-corrected chi connectivity index (χ1v) is 11.4. The van der Waals surface area contributed by atoms with Gasteiger partial charge in [0.1, 0.15) is 5.82 Å². The van der Waals surface area contributed by atoms with Crippen LogP contribution < -0.4 is 15.4 Å². The van der Waals surface area contributed by atoms with Crippen molar-refractivity contribution in [2.24, 2.45) is 4.99 Å². The van der Waals surface area contributed by atoms with Gasteiger partial charge in [0.2, 0.25) is 10.0 Å². The number of nitrogens with zero attached hydrogens (tertiary/aromatic N) is 4. The first-order chi connectivity index (χ1) is 12.5. The third-order valence-corrected chi connectivity index (χ3v) is 5.09. The van der Waals surface area contributed by atoms with Crippen molar-refractivity contribution in [3.8, 4) is 0 Å². The fourth-order valence-electron chi connectivity index (χ4n) is 3.01. The number of hydrogen-bond acceptors (Lipinski definition) is 5. The molecule has 1 atom stereocenters. The molecule has 0 amide bonds. The van der Waals surface area contributed by atoms with Gasteiger partial charge in [-0.3, -0.25) is 4.99 Å². The maximum absolute atomic E-state index is 11.5. The van der Waals surface area contributed by atoms with E-state index < -0.39 is 15.6 Å². The van der Waals surface area contributed by atoms with Gasteiger partial charge in [0.15, 0.2) is 11.8 Å². The van der Waals surface area contributed by atoms with Gasteiger partial charge in [0.05, 0.1) is 19.3 Å². The van der Waals surface area contributed by atoms with Crippen LogP contribution >= 0.6 is 0 Å². The van der Waals surface area contributed by atoms with E-state index in [1.54, 1.807) is 0 Å². The average Bonchev–Trinajstić information content (AvgIpc) is 2.94. The highest BCUT2D eigenvalue weighted by Crippen LogP contribution is 2.17. The summed E-state index contributed by atoms with van der Waals surface area (Å²) in [6.45, 7) is 11.6. The number of rotatable bonds is 7. The first kappa shape index (κ1) is 21.6. The highest BCUT2D eigenvalue weighted by atomic mass is 32.2. The molecule has 1 aromatic heterocycles. The molecule has 0 spiro atoms. The number of guanidine groups is 1. The Balaban J connectivity index is 2.03. The molecular weight excluding hydrogens is 366 g/mol. The van der Waals surface area contributed by atoms with Crippen molar-refractivity contribution in [1.29, 1.82) is 0 Å². The molecule has 0 saturated heterocycles. The molecule has 10 heteroatoms. The van der Waals surface area contributed by atoms with E-state index >= 15 is 0 Å². The topological polar surface area (TPSA) is 113 Å². The first-order valence-electron chi connectivity index (χ1n) is 9.46. The zero-order valence-corrected chi connectivity index (χ0v) is 18.0. The van der Waals surface area contributed by atoms with Crippen LogP contribution in [0, 0.1) is 0 Å². The lowest BCUT2D eigenvalue weighted by Crippen LogP contribution is -2.49. The molecule has 27 heavy (non-hydrogen) atoms. The van der Waals surface area contributed by atoms with E-state index in [9.17, 15) is 8.42 Å². The molecule has 0 aliphatic carbocycles. The molecule has 1 aliphatic heterocycles. The Hall–Kier alpha value is -1.68. The molecule has 0 aromatic carbocycles. The Labute approximate surface area is 162 Å². The minimum absolute atomic E-state index is 0.197. The van der Waals surface area contributed by atoms with E-state index in [0.29, 0.717) is 18.4 Å². The van der Waals surface area contributed by atoms with Gasteiger partial charge in [-0.05, 0) is 27.2 Å². The van der Waals surface area contributed by atoms with Gasteiger partial charge in [-0.1, -0.05) is 13.8 Å². The minimum Gasteiger partial charge on any atom is -0.357 e. The molecule has 0 saturated carbocycles. The van der Waals surface area contributed by atoms with E-state index in [0.717, 1.165) is 43.8 Å². The molecule has 3 N–H and O–H groups in total. The predicted octanol–water partition coefficient (Wildman–Crippen LogP) is 0.599. The quantitative estimate of drug-likeness (QED) is 0.457. The Morgan fingerprint density at radius 2 is 2.11 bits per heavy atom. The molecule has 1 aromatic rings. The summed E-state index contributed by atoms with van der Waals surface area (Å²) in [7, 11) is -3.29. The van der Waals surface area contributed by atoms with Crippen LogP contribution in [0.3, 0.4) is 0 Å². The molecule has 154 valence electrons. The SMILES string of the molecule is CCNC(=NCC(C)(C)NS(C)(=O)=O)NC1CCc2nc(C(C)C)nn2C1. The van der Waals surface area contributed by atoms with E-state index in [4.69, 9.17) is 0 Å². The van der Waals surface area contributed by atoms with E-state index in [1.807, 2.05) is 25.5 Å². The number of aryl methyl sites for hydroxylation is 1. The van der Waals surface area contributed by atoms with Gasteiger partial charge in [0, 0.05) is 30.5 Å². The molecule has 0 fully saturated rings. The second kappa shape index (κ2) is 8.55. The zero-order valence-electron chi connectivity index (χ0n) is 17.2. The van der Waals surface area contributed by atoms with Gasteiger partial charge in [-0.25, -0.2) is 22.8 Å². The van der Waals surface area contributed by atoms with E-state index in [1.165, 1.54) is 0 Å². The summed E-state index contributed by atoms with van der Waals surface area (Å²) in [5.41, 5.74) is -0.659. The Morgan fingerprint density at radius 1 is 1.41 bits per heavy atom. The smallest absolute Gasteiger partial charge is 0.209 e. The normalized spacial score (nSPS) is 18.5. The minimum atomic E-state index is -3.29. The second-order valence-corrected chi connectivity index (χ2v) is 9.80. The fraction of sp³-hybridized carbons (Fsp3) is 0.824. The average molecular weight is 400 g/mol. The third-order valence-electron chi connectivity index (χ3n) is 4.17. The van der Waals surface area contributed by atoms with Crippen LogP contribution in [0.15, 0.2) is 4.99 Å². The maximum atomic E-state index is 11.5. The van der Waals surface area contributed by atoms with Gasteiger partial charge < -0.3 is 10.6 Å². The molecule has 0 radical (unpaired) electrons. The number of hydrogen-bond donors (Lipinski definition) is 3. The number of sulfonamides is 1. The molecule has 1 aliphatic rings. The maximum Gasteiger partial charge on any atom is 0.209 e. The van der Waals surface area contributed by atoms with Crippen molar-refractivity contribution in [1.82, 2.24) is 30.1 Å². The summed E-state index contributed by atoms with van der Waals surface area (Å²) in [4.78, 5) is 9.19. The number of aromatic nitrogens is 3. The molecule has 2 heterocycles. The van der Waals surface area contributed by atoms with Crippen LogP contribution in [0.25, 0.3) is 0 Å². The lowest BCUT2D eigenvalue weighted by atomic mass is 10.1. The molecule has 1 unspecified atom stereocenters. The summed E-state index contributed by atoms with van der Waals surface area (Å²) < 4.78 is 27.6. The van der Waals surface area contributed by atoms with Crippen LogP contribution in [0.4, 0.5) is 0 Å². The third kappa shape index (κ3) is 6.76. The fourth-order valence-corrected chi connectivity index (χ4v) is 4.08. The van der Waals surface area contributed by atoms with Crippen molar-refractivity contribution in [2.45, 2.75) is 71.5 Å². The largest absolute Gasteiger partial charge is 0.357 e. The van der Waals surface area contributed by atoms with Crippen molar-refractivity contribution >= 4 is 16.0 Å². The molecule has 2 rings (SSSR count). The van der Waals surface area contributed by atoms with Crippen LogP contribution in [-0.4, -0.2) is 60.1 Å². The van der Waals surface area contributed by atoms with Crippen molar-refractivity contribution in [2.75, 3.05) is 19.3 Å². The van der Waals surface area contributed by atoms with Gasteiger partial charge in [-0.2, -0.15) is 5.10 Å². The van der Waals surface area contributed by atoms with Crippen LogP contribution in [0.1, 0.15) is 58.6 Å². The lowest BCUT2D eigenvalue weighted by molar-refractivity contribution is 0.390. The van der Waals surface area contributed by atoms with Gasteiger partial charge >= 0.3 is 0 Å². The lowest BCUT2D eigenvalue weighted by Gasteiger charge is -2.27. The number of aliphatic imine (C=N–C) groups is 1. The van der Waals surface area contributed by atoms with Gasteiger partial charge in [-0.15, -0.1) is 0 Å². The summed E-state index contributed by atoms with van der Waals surface area (Å²) >= 11 is 0. The molecule has 9 nitrogen and oxygen atoms in total. The van der Waals surface area contributed by atoms with E-state index in [2.05, 4.69) is 44.3 Å². The highest BCUT2D eigenvalue weighted by molar-refractivity contribution is 7.88. The summed E-state index contributed by atoms with van der Waals surface area (Å²) in [6, 6.07) is 0.197. The summed E-state index contributed by atoms with van der Waals surface area (Å²) in [6.07, 6.45) is 2.98. The monoisotopic (exact) mass is 399 g/mol. The Bertz CT molecular complexity index is 768. The summed E-state index contributed by atoms with van der Waals surface area (Å²) in [5.74, 6) is 2.92. The number of fused-ring (bicyclic) bond motifs is 1. The zero-order chi connectivity index (χ0) is 20.2. The molecule has 0 bridgehead atoms.